The number of nitrogens with zero attached hydrogens (tertiary/aromatic N) is 2. The van der Waals surface area contributed by atoms with E-state index in [-0.39, 0.29) is 16.8 Å². The van der Waals surface area contributed by atoms with Crippen LogP contribution in [-0.2, 0) is 4.79 Å². The number of fused-ring (bicyclic) bond motifs is 1. The van der Waals surface area contributed by atoms with Gasteiger partial charge in [0.2, 0.25) is 5.91 Å². The number of halogens is 2. The number of benzene rings is 2. The number of amides is 1. The molecule has 7 heteroatoms. The molecule has 0 spiro atoms. The van der Waals surface area contributed by atoms with Crippen molar-refractivity contribution in [3.63, 3.8) is 0 Å². The number of alkyl halides is 2. The molecule has 0 saturated carbocycles. The number of hydrogen-bond acceptors (Lipinski definition) is 3. The van der Waals surface area contributed by atoms with Crippen LogP contribution in [0.25, 0.3) is 11.0 Å². The van der Waals surface area contributed by atoms with E-state index < -0.39 is 6.55 Å². The highest BCUT2D eigenvalue weighted by atomic mass is 32.2. The van der Waals surface area contributed by atoms with E-state index in [4.69, 9.17) is 0 Å². The zero-order valence-electron chi connectivity index (χ0n) is 14.4. The zero-order valence-corrected chi connectivity index (χ0v) is 15.3. The number of carbonyl (C=O) groups excluding carboxylic acids is 1. The van der Waals surface area contributed by atoms with Crippen molar-refractivity contribution in [3.05, 3.63) is 54.1 Å². The van der Waals surface area contributed by atoms with Crippen LogP contribution in [-0.4, -0.2) is 21.2 Å². The first-order valence-electron chi connectivity index (χ1n) is 8.23. The summed E-state index contributed by atoms with van der Waals surface area (Å²) in [5, 5.41) is 2.91. The lowest BCUT2D eigenvalue weighted by atomic mass is 10.0. The van der Waals surface area contributed by atoms with Gasteiger partial charge in [-0.25, -0.2) is 4.98 Å². The van der Waals surface area contributed by atoms with Gasteiger partial charge in [0, 0.05) is 5.69 Å². The fraction of sp³-hybridized carbons (Fsp3) is 0.263. The molecule has 1 heterocycles. The van der Waals surface area contributed by atoms with E-state index in [0.29, 0.717) is 22.6 Å². The molecule has 0 aliphatic heterocycles. The Morgan fingerprint density at radius 2 is 1.85 bits per heavy atom. The molecular weight excluding hydrogens is 356 g/mol. The number of aromatic nitrogens is 2. The third-order valence-corrected chi connectivity index (χ3v) is 4.90. The molecule has 26 heavy (non-hydrogen) atoms. The van der Waals surface area contributed by atoms with Crippen molar-refractivity contribution in [2.75, 3.05) is 11.1 Å². The van der Waals surface area contributed by atoms with Crippen molar-refractivity contribution in [1.82, 2.24) is 9.55 Å². The van der Waals surface area contributed by atoms with Gasteiger partial charge in [0.1, 0.15) is 0 Å². The first-order chi connectivity index (χ1) is 12.5. The van der Waals surface area contributed by atoms with Gasteiger partial charge in [-0.3, -0.25) is 9.36 Å². The number of para-hydroxylation sites is 2. The van der Waals surface area contributed by atoms with Crippen molar-refractivity contribution in [2.24, 2.45) is 0 Å². The molecule has 3 rings (SSSR count). The number of carbonyl (C=O) groups is 1. The molecule has 1 amide bonds. The Labute approximate surface area is 154 Å². The second-order valence-electron chi connectivity index (χ2n) is 6.14. The molecule has 0 fully saturated rings. The summed E-state index contributed by atoms with van der Waals surface area (Å²) in [5.74, 6) is 0.153. The summed E-state index contributed by atoms with van der Waals surface area (Å²) in [4.78, 5) is 16.4. The molecule has 0 atom stereocenters. The first-order valence-corrected chi connectivity index (χ1v) is 9.22. The molecule has 0 bridgehead atoms. The van der Waals surface area contributed by atoms with Gasteiger partial charge in [0.15, 0.2) is 5.16 Å². The average Bonchev–Trinajstić information content (AvgIpc) is 2.99. The van der Waals surface area contributed by atoms with Gasteiger partial charge >= 0.3 is 6.55 Å². The predicted octanol–water partition coefficient (Wildman–Crippen LogP) is 5.29. The summed E-state index contributed by atoms with van der Waals surface area (Å²) >= 11 is 0.996. The topological polar surface area (TPSA) is 46.9 Å². The van der Waals surface area contributed by atoms with E-state index in [9.17, 15) is 13.6 Å². The fourth-order valence-electron chi connectivity index (χ4n) is 2.59. The van der Waals surface area contributed by atoms with Gasteiger partial charge in [0.25, 0.3) is 0 Å². The maximum atomic E-state index is 13.4. The van der Waals surface area contributed by atoms with E-state index in [1.165, 1.54) is 5.56 Å². The van der Waals surface area contributed by atoms with E-state index in [0.717, 1.165) is 16.3 Å². The van der Waals surface area contributed by atoms with Crippen LogP contribution in [0, 0.1) is 0 Å². The van der Waals surface area contributed by atoms with Gasteiger partial charge in [-0.1, -0.05) is 49.9 Å². The summed E-state index contributed by atoms with van der Waals surface area (Å²) in [6.45, 7) is 1.48. The molecule has 3 aromatic rings. The highest BCUT2D eigenvalue weighted by Crippen LogP contribution is 2.29. The van der Waals surface area contributed by atoms with E-state index in [2.05, 4.69) is 24.1 Å². The maximum Gasteiger partial charge on any atom is 0.321 e. The molecule has 4 nitrogen and oxygen atoms in total. The largest absolute Gasteiger partial charge is 0.325 e. The van der Waals surface area contributed by atoms with Crippen molar-refractivity contribution < 1.29 is 13.6 Å². The minimum Gasteiger partial charge on any atom is -0.325 e. The standard InChI is InChI=1S/C19H19F2N3OS/c1-12(2)13-7-9-14(10-8-13)22-17(25)11-26-19-23-15-5-3-4-6-16(15)24(19)18(20)21/h3-10,12,18H,11H2,1-2H3,(H,22,25). The first kappa shape index (κ1) is 18.4. The van der Waals surface area contributed by atoms with Crippen LogP contribution in [0.1, 0.15) is 31.9 Å². The van der Waals surface area contributed by atoms with Crippen LogP contribution in [0.3, 0.4) is 0 Å². The van der Waals surface area contributed by atoms with Gasteiger partial charge < -0.3 is 5.32 Å². The Balaban J connectivity index is 1.68. The third-order valence-electron chi connectivity index (χ3n) is 3.95. The van der Waals surface area contributed by atoms with Gasteiger partial charge in [-0.05, 0) is 35.7 Å². The van der Waals surface area contributed by atoms with Crippen LogP contribution in [0.4, 0.5) is 14.5 Å². The quantitative estimate of drug-likeness (QED) is 0.596. The average molecular weight is 375 g/mol. The summed E-state index contributed by atoms with van der Waals surface area (Å²) in [7, 11) is 0. The van der Waals surface area contributed by atoms with Crippen LogP contribution in [0.15, 0.2) is 53.7 Å². The molecule has 136 valence electrons. The SMILES string of the molecule is CC(C)c1ccc(NC(=O)CSc2nc3ccccc3n2C(F)F)cc1. The summed E-state index contributed by atoms with van der Waals surface area (Å²) < 4.78 is 27.6. The lowest BCUT2D eigenvalue weighted by Gasteiger charge is -2.09. The Bertz CT molecular complexity index is 907. The molecule has 0 unspecified atom stereocenters. The molecule has 1 aromatic heterocycles. The van der Waals surface area contributed by atoms with E-state index in [1.807, 2.05) is 24.3 Å². The van der Waals surface area contributed by atoms with Gasteiger partial charge in [0.05, 0.1) is 16.8 Å². The second-order valence-corrected chi connectivity index (χ2v) is 7.09. The lowest BCUT2D eigenvalue weighted by Crippen LogP contribution is -2.14. The Morgan fingerprint density at radius 3 is 2.50 bits per heavy atom. The summed E-state index contributed by atoms with van der Waals surface area (Å²) in [6.07, 6.45) is 0. The number of thioether (sulfide) groups is 1. The zero-order chi connectivity index (χ0) is 18.7. The molecule has 1 N–H and O–H groups in total. The smallest absolute Gasteiger partial charge is 0.321 e. The highest BCUT2D eigenvalue weighted by Gasteiger charge is 2.18. The molecule has 2 aromatic carbocycles. The minimum atomic E-state index is -2.71. The number of nitrogens with one attached hydrogen (secondary N) is 1. The number of rotatable bonds is 6. The van der Waals surface area contributed by atoms with Gasteiger partial charge in [-0.15, -0.1) is 0 Å². The Hall–Kier alpha value is -2.41. The van der Waals surface area contributed by atoms with Crippen LogP contribution in [0.2, 0.25) is 0 Å². The molecule has 0 saturated heterocycles. The third kappa shape index (κ3) is 4.04. The van der Waals surface area contributed by atoms with Crippen LogP contribution < -0.4 is 5.32 Å². The van der Waals surface area contributed by atoms with Crippen molar-refractivity contribution >= 4 is 34.4 Å². The van der Waals surface area contributed by atoms with Crippen LogP contribution in [0.5, 0.6) is 0 Å². The second kappa shape index (κ2) is 7.86. The van der Waals surface area contributed by atoms with Crippen LogP contribution >= 0.6 is 11.8 Å². The normalized spacial score (nSPS) is 11.5. The summed E-state index contributed by atoms with van der Waals surface area (Å²) in [5.41, 5.74) is 2.71. The van der Waals surface area contributed by atoms with Crippen molar-refractivity contribution in [3.8, 4) is 0 Å². The van der Waals surface area contributed by atoms with Gasteiger partial charge in [-0.2, -0.15) is 8.78 Å². The molecule has 0 aliphatic carbocycles. The van der Waals surface area contributed by atoms with Crippen molar-refractivity contribution in [1.29, 1.82) is 0 Å². The molecule has 0 radical (unpaired) electrons. The number of hydrogen-bond donors (Lipinski definition) is 1. The minimum absolute atomic E-state index is 0.00196. The maximum absolute atomic E-state index is 13.4. The number of imidazole rings is 1. The van der Waals surface area contributed by atoms with E-state index >= 15 is 0 Å². The lowest BCUT2D eigenvalue weighted by molar-refractivity contribution is -0.113. The fourth-order valence-corrected chi connectivity index (χ4v) is 3.40. The van der Waals surface area contributed by atoms with Crippen molar-refractivity contribution in [2.45, 2.75) is 31.5 Å². The predicted molar refractivity (Wildman–Crippen MR) is 101 cm³/mol. The molecular formula is C19H19F2N3OS. The number of anilines is 1. The highest BCUT2D eigenvalue weighted by molar-refractivity contribution is 7.99. The Morgan fingerprint density at radius 1 is 1.15 bits per heavy atom. The summed E-state index contributed by atoms with van der Waals surface area (Å²) in [6, 6.07) is 14.3. The molecule has 0 aliphatic rings. The van der Waals surface area contributed by atoms with E-state index in [1.54, 1.807) is 24.3 Å². The monoisotopic (exact) mass is 375 g/mol. The Kier molecular flexibility index (Phi) is 5.56.